The average Bonchev–Trinajstić information content (AvgIpc) is 2.35. The Morgan fingerprint density at radius 2 is 1.84 bits per heavy atom. The molecule has 0 aliphatic rings. The summed E-state index contributed by atoms with van der Waals surface area (Å²) >= 11 is 0. The highest BCUT2D eigenvalue weighted by molar-refractivity contribution is 5.84. The molecule has 19 heavy (non-hydrogen) atoms. The van der Waals surface area contributed by atoms with E-state index in [0.717, 1.165) is 5.56 Å². The van der Waals surface area contributed by atoms with E-state index in [1.54, 1.807) is 36.4 Å². The molecule has 0 spiro atoms. The van der Waals surface area contributed by atoms with E-state index in [1.807, 2.05) is 0 Å². The zero-order valence-corrected chi connectivity index (χ0v) is 10.6. The van der Waals surface area contributed by atoms with Crippen molar-refractivity contribution >= 4 is 18.0 Å². The number of hydrogen-bond acceptors (Lipinski definition) is 4. The number of carbonyl (C=O) groups is 2. The van der Waals surface area contributed by atoms with Crippen LogP contribution in [0.4, 0.5) is 0 Å². The number of benzene rings is 1. The van der Waals surface area contributed by atoms with Crippen LogP contribution in [0.1, 0.15) is 12.5 Å². The van der Waals surface area contributed by atoms with Crippen LogP contribution >= 0.6 is 0 Å². The van der Waals surface area contributed by atoms with E-state index in [1.165, 1.54) is 20.1 Å². The number of ether oxygens (including phenoxy) is 2. The number of carbonyl (C=O) groups excluding carboxylic acids is 1. The van der Waals surface area contributed by atoms with Crippen LogP contribution in [0.15, 0.2) is 42.2 Å². The van der Waals surface area contributed by atoms with Crippen LogP contribution in [-0.4, -0.2) is 24.2 Å². The zero-order valence-electron chi connectivity index (χ0n) is 10.6. The summed E-state index contributed by atoms with van der Waals surface area (Å²) in [5.74, 6) is -1.19. The molecule has 0 atom stereocenters. The predicted octanol–water partition coefficient (Wildman–Crippen LogP) is 2.24. The standard InChI is InChI=1S/C14H14O5/c1-10(15)19-12-8-6-11(7-9-12)4-3-5-13(18-2)14(16)17/h3-9H,1-2H3,(H,16,17)/b4-3+,13-5+. The lowest BCUT2D eigenvalue weighted by Crippen LogP contribution is -2.01. The Morgan fingerprint density at radius 1 is 1.21 bits per heavy atom. The van der Waals surface area contributed by atoms with Crippen LogP contribution in [0.3, 0.4) is 0 Å². The fourth-order valence-corrected chi connectivity index (χ4v) is 1.29. The Morgan fingerprint density at radius 3 is 2.32 bits per heavy atom. The molecule has 0 radical (unpaired) electrons. The lowest BCUT2D eigenvalue weighted by molar-refractivity contribution is -0.136. The number of methoxy groups -OCH3 is 1. The molecule has 100 valence electrons. The first-order valence-electron chi connectivity index (χ1n) is 5.47. The molecule has 0 unspecified atom stereocenters. The summed E-state index contributed by atoms with van der Waals surface area (Å²) in [6.07, 6.45) is 4.62. The third kappa shape index (κ3) is 5.08. The van der Waals surface area contributed by atoms with Gasteiger partial charge in [-0.1, -0.05) is 24.3 Å². The monoisotopic (exact) mass is 262 g/mol. The second-order valence-electron chi connectivity index (χ2n) is 3.56. The highest BCUT2D eigenvalue weighted by atomic mass is 16.5. The molecule has 0 saturated heterocycles. The normalized spacial score (nSPS) is 11.4. The van der Waals surface area contributed by atoms with Crippen molar-refractivity contribution < 1.29 is 24.2 Å². The van der Waals surface area contributed by atoms with Gasteiger partial charge in [-0.3, -0.25) is 4.79 Å². The van der Waals surface area contributed by atoms with E-state index >= 15 is 0 Å². The first-order valence-corrected chi connectivity index (χ1v) is 5.47. The van der Waals surface area contributed by atoms with Crippen molar-refractivity contribution in [3.05, 3.63) is 47.7 Å². The summed E-state index contributed by atoms with van der Waals surface area (Å²) in [4.78, 5) is 21.4. The maximum Gasteiger partial charge on any atom is 0.371 e. The van der Waals surface area contributed by atoms with Gasteiger partial charge in [-0.05, 0) is 23.8 Å². The molecule has 5 heteroatoms. The minimum atomic E-state index is -1.13. The second-order valence-corrected chi connectivity index (χ2v) is 3.56. The summed E-state index contributed by atoms with van der Waals surface area (Å²) in [5.41, 5.74) is 0.841. The van der Waals surface area contributed by atoms with Crippen LogP contribution in [0.5, 0.6) is 5.75 Å². The molecule has 0 aromatic heterocycles. The number of aliphatic carboxylic acids is 1. The van der Waals surface area contributed by atoms with Crippen molar-refractivity contribution in [3.63, 3.8) is 0 Å². The van der Waals surface area contributed by atoms with Crippen molar-refractivity contribution in [2.75, 3.05) is 7.11 Å². The molecule has 0 saturated carbocycles. The van der Waals surface area contributed by atoms with Gasteiger partial charge >= 0.3 is 11.9 Å². The Bertz CT molecular complexity index is 511. The molecular formula is C14H14O5. The van der Waals surface area contributed by atoms with Crippen LogP contribution in [0.2, 0.25) is 0 Å². The first-order chi connectivity index (χ1) is 9.02. The number of hydrogen-bond donors (Lipinski definition) is 1. The number of carboxylic acid groups (broad SMARTS) is 1. The highest BCUT2D eigenvalue weighted by Crippen LogP contribution is 2.13. The maximum absolute atomic E-state index is 10.7. The SMILES string of the molecule is CO/C(=C/C=C/c1ccc(OC(C)=O)cc1)C(=O)O. The minimum absolute atomic E-state index is 0.146. The van der Waals surface area contributed by atoms with Crippen molar-refractivity contribution in [2.24, 2.45) is 0 Å². The fraction of sp³-hybridized carbons (Fsp3) is 0.143. The molecule has 1 aromatic carbocycles. The van der Waals surface area contributed by atoms with Crippen molar-refractivity contribution in [1.29, 1.82) is 0 Å². The summed E-state index contributed by atoms with van der Waals surface area (Å²) in [7, 11) is 1.29. The van der Waals surface area contributed by atoms with Crippen molar-refractivity contribution in [2.45, 2.75) is 6.92 Å². The van der Waals surface area contributed by atoms with Gasteiger partial charge in [-0.15, -0.1) is 0 Å². The number of carboxylic acids is 1. The maximum atomic E-state index is 10.7. The third-order valence-corrected chi connectivity index (χ3v) is 2.11. The third-order valence-electron chi connectivity index (χ3n) is 2.11. The quantitative estimate of drug-likeness (QED) is 0.289. The van der Waals surface area contributed by atoms with E-state index in [9.17, 15) is 9.59 Å². The van der Waals surface area contributed by atoms with Gasteiger partial charge < -0.3 is 14.6 Å². The first kappa shape index (κ1) is 14.5. The summed E-state index contributed by atoms with van der Waals surface area (Å²) in [6.45, 7) is 1.33. The average molecular weight is 262 g/mol. The number of esters is 1. The summed E-state index contributed by atoms with van der Waals surface area (Å²) in [6, 6.07) is 6.80. The molecule has 0 fully saturated rings. The van der Waals surface area contributed by atoms with E-state index in [4.69, 9.17) is 9.84 Å². The molecule has 0 amide bonds. The van der Waals surface area contributed by atoms with Gasteiger partial charge in [0.2, 0.25) is 5.76 Å². The molecule has 1 rings (SSSR count). The Labute approximate surface area is 110 Å². The molecule has 0 bridgehead atoms. The van der Waals surface area contributed by atoms with Gasteiger partial charge in [-0.2, -0.15) is 0 Å². The number of allylic oxidation sites excluding steroid dienone is 2. The molecule has 0 heterocycles. The van der Waals surface area contributed by atoms with E-state index < -0.39 is 5.97 Å². The number of rotatable bonds is 5. The van der Waals surface area contributed by atoms with E-state index in [0.29, 0.717) is 5.75 Å². The highest BCUT2D eigenvalue weighted by Gasteiger charge is 2.03. The molecule has 1 N–H and O–H groups in total. The van der Waals surface area contributed by atoms with Crippen LogP contribution < -0.4 is 4.74 Å². The van der Waals surface area contributed by atoms with E-state index in [2.05, 4.69) is 4.74 Å². The van der Waals surface area contributed by atoms with Gasteiger partial charge in [0.25, 0.3) is 0 Å². The topological polar surface area (TPSA) is 72.8 Å². The fourth-order valence-electron chi connectivity index (χ4n) is 1.29. The van der Waals surface area contributed by atoms with Gasteiger partial charge in [0.05, 0.1) is 7.11 Å². The second kappa shape index (κ2) is 7.00. The Balaban J connectivity index is 2.72. The van der Waals surface area contributed by atoms with Gasteiger partial charge in [-0.25, -0.2) is 4.79 Å². The van der Waals surface area contributed by atoms with Crippen LogP contribution in [0, 0.1) is 0 Å². The molecular weight excluding hydrogens is 248 g/mol. The lowest BCUT2D eigenvalue weighted by atomic mass is 10.2. The summed E-state index contributed by atoms with van der Waals surface area (Å²) in [5, 5.41) is 8.72. The van der Waals surface area contributed by atoms with Crippen molar-refractivity contribution in [3.8, 4) is 5.75 Å². The molecule has 0 aliphatic heterocycles. The zero-order chi connectivity index (χ0) is 14.3. The molecule has 5 nitrogen and oxygen atoms in total. The van der Waals surface area contributed by atoms with Gasteiger partial charge in [0.15, 0.2) is 0 Å². The predicted molar refractivity (Wildman–Crippen MR) is 69.5 cm³/mol. The lowest BCUT2D eigenvalue weighted by Gasteiger charge is -2.00. The largest absolute Gasteiger partial charge is 0.490 e. The van der Waals surface area contributed by atoms with Crippen molar-refractivity contribution in [1.82, 2.24) is 0 Å². The minimum Gasteiger partial charge on any atom is -0.490 e. The van der Waals surface area contributed by atoms with Crippen LogP contribution in [-0.2, 0) is 14.3 Å². The molecule has 0 aliphatic carbocycles. The van der Waals surface area contributed by atoms with Gasteiger partial charge in [0.1, 0.15) is 5.75 Å². The van der Waals surface area contributed by atoms with E-state index in [-0.39, 0.29) is 11.7 Å². The molecule has 1 aromatic rings. The summed E-state index contributed by atoms with van der Waals surface area (Å²) < 4.78 is 9.55. The Kier molecular flexibility index (Phi) is 5.35. The smallest absolute Gasteiger partial charge is 0.371 e. The Hall–Kier alpha value is -2.56. The van der Waals surface area contributed by atoms with Crippen LogP contribution in [0.25, 0.3) is 6.08 Å². The van der Waals surface area contributed by atoms with Gasteiger partial charge in [0, 0.05) is 6.92 Å².